The van der Waals surface area contributed by atoms with Crippen molar-refractivity contribution < 1.29 is 9.21 Å². The average Bonchev–Trinajstić information content (AvgIpc) is 2.96. The minimum atomic E-state index is -0.498. The van der Waals surface area contributed by atoms with Crippen LogP contribution in [-0.4, -0.2) is 17.1 Å². The molecule has 0 spiro atoms. The van der Waals surface area contributed by atoms with Crippen molar-refractivity contribution in [3.8, 4) is 0 Å². The highest BCUT2D eigenvalue weighted by Crippen LogP contribution is 2.19. The van der Waals surface area contributed by atoms with E-state index in [1.807, 2.05) is 0 Å². The predicted molar refractivity (Wildman–Crippen MR) is 71.2 cm³/mol. The first-order valence-corrected chi connectivity index (χ1v) is 6.41. The van der Waals surface area contributed by atoms with Gasteiger partial charge in [0.15, 0.2) is 5.58 Å². The number of urea groups is 1. The molecule has 6 nitrogen and oxygen atoms in total. The molecule has 2 amide bonds. The molecule has 1 fully saturated rings. The summed E-state index contributed by atoms with van der Waals surface area (Å²) < 4.78 is 4.94. The first-order valence-electron chi connectivity index (χ1n) is 6.41. The molecule has 0 saturated heterocycles. The first-order chi connectivity index (χ1) is 9.20. The molecule has 3 N–H and O–H groups in total. The molecule has 1 aliphatic rings. The molecule has 0 unspecified atom stereocenters. The largest absolute Gasteiger partial charge is 0.417 e. The van der Waals surface area contributed by atoms with Crippen LogP contribution in [0.3, 0.4) is 0 Å². The summed E-state index contributed by atoms with van der Waals surface area (Å²) in [6, 6.07) is 5.10. The number of rotatable bonds is 2. The van der Waals surface area contributed by atoms with E-state index in [0.29, 0.717) is 16.8 Å². The second kappa shape index (κ2) is 4.79. The van der Waals surface area contributed by atoms with E-state index in [9.17, 15) is 9.59 Å². The van der Waals surface area contributed by atoms with Crippen molar-refractivity contribution in [2.45, 2.75) is 31.7 Å². The zero-order valence-electron chi connectivity index (χ0n) is 10.4. The van der Waals surface area contributed by atoms with Gasteiger partial charge in [0.25, 0.3) is 0 Å². The fourth-order valence-electron chi connectivity index (χ4n) is 2.45. The number of anilines is 1. The topological polar surface area (TPSA) is 87.1 Å². The van der Waals surface area contributed by atoms with Crippen molar-refractivity contribution in [1.29, 1.82) is 0 Å². The molecule has 1 aromatic carbocycles. The van der Waals surface area contributed by atoms with E-state index < -0.39 is 5.76 Å². The van der Waals surface area contributed by atoms with E-state index in [1.165, 1.54) is 12.8 Å². The van der Waals surface area contributed by atoms with Gasteiger partial charge >= 0.3 is 11.8 Å². The van der Waals surface area contributed by atoms with Crippen LogP contribution in [0.15, 0.2) is 27.4 Å². The normalized spacial score (nSPS) is 15.8. The highest BCUT2D eigenvalue weighted by molar-refractivity contribution is 5.91. The maximum absolute atomic E-state index is 11.8. The fourth-order valence-corrected chi connectivity index (χ4v) is 2.45. The minimum absolute atomic E-state index is 0.218. The van der Waals surface area contributed by atoms with Crippen LogP contribution in [-0.2, 0) is 0 Å². The maximum atomic E-state index is 11.8. The van der Waals surface area contributed by atoms with Gasteiger partial charge in [-0.2, -0.15) is 0 Å². The van der Waals surface area contributed by atoms with E-state index in [4.69, 9.17) is 4.42 Å². The Morgan fingerprint density at radius 2 is 2.11 bits per heavy atom. The number of aromatic nitrogens is 1. The number of nitrogens with one attached hydrogen (secondary N) is 3. The second-order valence-corrected chi connectivity index (χ2v) is 4.81. The van der Waals surface area contributed by atoms with Gasteiger partial charge in [0.1, 0.15) is 0 Å². The predicted octanol–water partition coefficient (Wildman–Crippen LogP) is 2.19. The lowest BCUT2D eigenvalue weighted by Gasteiger charge is -2.12. The van der Waals surface area contributed by atoms with Crippen LogP contribution in [0.1, 0.15) is 25.7 Å². The van der Waals surface area contributed by atoms with Crippen LogP contribution < -0.4 is 16.4 Å². The molecule has 1 heterocycles. The number of aromatic amines is 1. The summed E-state index contributed by atoms with van der Waals surface area (Å²) in [7, 11) is 0. The molecule has 0 atom stereocenters. The Bertz CT molecular complexity index is 652. The van der Waals surface area contributed by atoms with Crippen molar-refractivity contribution in [3.05, 3.63) is 28.7 Å². The van der Waals surface area contributed by atoms with Gasteiger partial charge in [0.2, 0.25) is 0 Å². The molecule has 3 rings (SSSR count). The molecule has 100 valence electrons. The summed E-state index contributed by atoms with van der Waals surface area (Å²) >= 11 is 0. The zero-order chi connectivity index (χ0) is 13.2. The Hall–Kier alpha value is -2.24. The third-order valence-electron chi connectivity index (χ3n) is 3.37. The number of amides is 2. The molecule has 1 aromatic heterocycles. The summed E-state index contributed by atoms with van der Waals surface area (Å²) in [4.78, 5) is 25.4. The maximum Gasteiger partial charge on any atom is 0.417 e. The quantitative estimate of drug-likeness (QED) is 0.774. The molecule has 0 aliphatic heterocycles. The Morgan fingerprint density at radius 1 is 1.32 bits per heavy atom. The summed E-state index contributed by atoms with van der Waals surface area (Å²) in [5.74, 6) is -0.498. The van der Waals surface area contributed by atoms with Gasteiger partial charge in [-0.25, -0.2) is 9.59 Å². The Kier molecular flexibility index (Phi) is 2.98. The highest BCUT2D eigenvalue weighted by atomic mass is 16.4. The Balaban J connectivity index is 1.69. The summed E-state index contributed by atoms with van der Waals surface area (Å²) in [6.45, 7) is 0. The number of fused-ring (bicyclic) bond motifs is 1. The number of carbonyl (C=O) groups is 1. The molecular formula is C13H15N3O3. The van der Waals surface area contributed by atoms with Crippen molar-refractivity contribution in [2.24, 2.45) is 0 Å². The minimum Gasteiger partial charge on any atom is -0.408 e. The van der Waals surface area contributed by atoms with Gasteiger partial charge in [0, 0.05) is 17.8 Å². The summed E-state index contributed by atoms with van der Waals surface area (Å²) in [5, 5.41) is 5.67. The fraction of sp³-hybridized carbons (Fsp3) is 0.385. The zero-order valence-corrected chi connectivity index (χ0v) is 10.4. The lowest BCUT2D eigenvalue weighted by atomic mass is 10.2. The van der Waals surface area contributed by atoms with Crippen molar-refractivity contribution in [3.63, 3.8) is 0 Å². The molecule has 2 aromatic rings. The van der Waals surface area contributed by atoms with Gasteiger partial charge in [-0.05, 0) is 25.0 Å². The van der Waals surface area contributed by atoms with Crippen LogP contribution in [0.4, 0.5) is 10.5 Å². The number of carbonyl (C=O) groups excluding carboxylic acids is 1. The Labute approximate surface area is 109 Å². The lowest BCUT2D eigenvalue weighted by Crippen LogP contribution is -2.36. The van der Waals surface area contributed by atoms with Gasteiger partial charge in [-0.3, -0.25) is 4.98 Å². The van der Waals surface area contributed by atoms with Crippen LogP contribution in [0.2, 0.25) is 0 Å². The molecule has 0 radical (unpaired) electrons. The van der Waals surface area contributed by atoms with E-state index in [2.05, 4.69) is 15.6 Å². The van der Waals surface area contributed by atoms with Crippen LogP contribution in [0.5, 0.6) is 0 Å². The van der Waals surface area contributed by atoms with E-state index in [-0.39, 0.29) is 12.1 Å². The van der Waals surface area contributed by atoms with E-state index in [0.717, 1.165) is 12.8 Å². The SMILES string of the molecule is O=C(Nc1ccc2[nH]c(=O)oc2c1)NC1CCCC1. The summed E-state index contributed by atoms with van der Waals surface area (Å²) in [5.41, 5.74) is 1.65. The van der Waals surface area contributed by atoms with Crippen LogP contribution in [0.25, 0.3) is 11.1 Å². The smallest absolute Gasteiger partial charge is 0.408 e. The second-order valence-electron chi connectivity index (χ2n) is 4.81. The summed E-state index contributed by atoms with van der Waals surface area (Å²) in [6.07, 6.45) is 4.43. The number of oxazole rings is 1. The number of hydrogen-bond acceptors (Lipinski definition) is 3. The molecular weight excluding hydrogens is 246 g/mol. The molecule has 0 bridgehead atoms. The van der Waals surface area contributed by atoms with Crippen LogP contribution >= 0.6 is 0 Å². The number of benzene rings is 1. The van der Waals surface area contributed by atoms with Gasteiger partial charge in [-0.15, -0.1) is 0 Å². The van der Waals surface area contributed by atoms with Crippen molar-refractivity contribution in [1.82, 2.24) is 10.3 Å². The van der Waals surface area contributed by atoms with Gasteiger partial charge in [0.05, 0.1) is 5.52 Å². The standard InChI is InChI=1S/C13H15N3O3/c17-12(14-8-3-1-2-4-8)15-9-5-6-10-11(7-9)19-13(18)16-10/h5-8H,1-4H2,(H,16,18)(H2,14,15,17). The first kappa shape index (κ1) is 11.8. The highest BCUT2D eigenvalue weighted by Gasteiger charge is 2.17. The molecule has 1 aliphatic carbocycles. The van der Waals surface area contributed by atoms with E-state index in [1.54, 1.807) is 18.2 Å². The number of hydrogen-bond donors (Lipinski definition) is 3. The van der Waals surface area contributed by atoms with Gasteiger partial charge in [-0.1, -0.05) is 12.8 Å². The van der Waals surface area contributed by atoms with E-state index >= 15 is 0 Å². The van der Waals surface area contributed by atoms with Crippen LogP contribution in [0, 0.1) is 0 Å². The number of H-pyrrole nitrogens is 1. The van der Waals surface area contributed by atoms with Gasteiger partial charge < -0.3 is 15.1 Å². The average molecular weight is 261 g/mol. The third kappa shape index (κ3) is 2.62. The monoisotopic (exact) mass is 261 g/mol. The van der Waals surface area contributed by atoms with Crippen molar-refractivity contribution in [2.75, 3.05) is 5.32 Å². The Morgan fingerprint density at radius 3 is 2.89 bits per heavy atom. The molecule has 6 heteroatoms. The molecule has 19 heavy (non-hydrogen) atoms. The third-order valence-corrected chi connectivity index (χ3v) is 3.37. The van der Waals surface area contributed by atoms with Crippen molar-refractivity contribution >= 4 is 22.8 Å². The lowest BCUT2D eigenvalue weighted by molar-refractivity contribution is 0.248. The molecule has 1 saturated carbocycles.